The highest BCUT2D eigenvalue weighted by molar-refractivity contribution is 7.16. The van der Waals surface area contributed by atoms with Crippen molar-refractivity contribution in [3.8, 4) is 11.5 Å². The Bertz CT molecular complexity index is 532. The molecular formula is C15H18ClNO2S. The molecule has 5 heteroatoms. The zero-order chi connectivity index (χ0) is 14.4. The Morgan fingerprint density at radius 2 is 2.05 bits per heavy atom. The van der Waals surface area contributed by atoms with Crippen molar-refractivity contribution in [1.29, 1.82) is 0 Å². The Balaban J connectivity index is 2.18. The molecule has 20 heavy (non-hydrogen) atoms. The molecule has 0 aliphatic heterocycles. The largest absolute Gasteiger partial charge is 0.490 e. The van der Waals surface area contributed by atoms with Gasteiger partial charge < -0.3 is 15.2 Å². The first-order valence-electron chi connectivity index (χ1n) is 6.56. The van der Waals surface area contributed by atoms with Crippen molar-refractivity contribution in [2.45, 2.75) is 20.0 Å². The first-order valence-corrected chi connectivity index (χ1v) is 7.75. The van der Waals surface area contributed by atoms with Gasteiger partial charge in [-0.05, 0) is 43.7 Å². The molecule has 2 aromatic rings. The van der Waals surface area contributed by atoms with Crippen LogP contribution in [0.5, 0.6) is 11.5 Å². The molecule has 0 fully saturated rings. The van der Waals surface area contributed by atoms with Crippen molar-refractivity contribution >= 4 is 22.9 Å². The highest BCUT2D eigenvalue weighted by Crippen LogP contribution is 2.33. The predicted molar refractivity (Wildman–Crippen MR) is 84.0 cm³/mol. The lowest BCUT2D eigenvalue weighted by Crippen LogP contribution is -2.07. The number of benzene rings is 1. The molecule has 2 N–H and O–H groups in total. The molecule has 2 rings (SSSR count). The third kappa shape index (κ3) is 3.88. The van der Waals surface area contributed by atoms with Gasteiger partial charge >= 0.3 is 0 Å². The number of halogens is 1. The molecule has 1 aromatic heterocycles. The summed E-state index contributed by atoms with van der Waals surface area (Å²) in [7, 11) is 0. The summed E-state index contributed by atoms with van der Waals surface area (Å²) in [6.45, 7) is 3.63. The number of ether oxygens (including phenoxy) is 2. The van der Waals surface area contributed by atoms with E-state index in [4.69, 9.17) is 26.8 Å². The number of hydrogen-bond donors (Lipinski definition) is 1. The van der Waals surface area contributed by atoms with E-state index in [1.165, 1.54) is 11.3 Å². The maximum Gasteiger partial charge on any atom is 0.164 e. The Kier molecular flexibility index (Phi) is 5.71. The van der Waals surface area contributed by atoms with Crippen LogP contribution in [0.2, 0.25) is 4.34 Å². The molecule has 1 aromatic carbocycles. The molecular weight excluding hydrogens is 294 g/mol. The predicted octanol–water partition coefficient (Wildman–Crippen LogP) is 3.88. The summed E-state index contributed by atoms with van der Waals surface area (Å²) in [6.07, 6.45) is 0.765. The standard InChI is InChI=1S/C15H18ClNO2S/c1-2-18-13-5-3-4-11(8-9-17)15(13)19-10-12-6-7-14(16)20-12/h3-7H,2,8-10,17H2,1H3. The van der Waals surface area contributed by atoms with Crippen LogP contribution in [-0.4, -0.2) is 13.2 Å². The Morgan fingerprint density at radius 3 is 2.70 bits per heavy atom. The van der Waals surface area contributed by atoms with Crippen LogP contribution in [0, 0.1) is 0 Å². The molecule has 0 saturated carbocycles. The molecule has 0 aliphatic rings. The molecule has 0 bridgehead atoms. The second-order valence-electron chi connectivity index (χ2n) is 4.21. The molecule has 1 heterocycles. The summed E-state index contributed by atoms with van der Waals surface area (Å²) in [5, 5.41) is 0. The minimum absolute atomic E-state index is 0.485. The summed E-state index contributed by atoms with van der Waals surface area (Å²) >= 11 is 7.45. The summed E-state index contributed by atoms with van der Waals surface area (Å²) in [6, 6.07) is 9.75. The summed E-state index contributed by atoms with van der Waals surface area (Å²) in [4.78, 5) is 1.08. The lowest BCUT2D eigenvalue weighted by molar-refractivity contribution is 0.269. The van der Waals surface area contributed by atoms with E-state index >= 15 is 0 Å². The lowest BCUT2D eigenvalue weighted by atomic mass is 10.1. The van der Waals surface area contributed by atoms with Crippen LogP contribution in [0.4, 0.5) is 0 Å². The molecule has 0 radical (unpaired) electrons. The fourth-order valence-corrected chi connectivity index (χ4v) is 2.92. The van der Waals surface area contributed by atoms with Gasteiger partial charge in [0, 0.05) is 4.88 Å². The van der Waals surface area contributed by atoms with E-state index in [1.807, 2.05) is 37.3 Å². The Labute approximate surface area is 128 Å². The second kappa shape index (κ2) is 7.53. The monoisotopic (exact) mass is 311 g/mol. The lowest BCUT2D eigenvalue weighted by Gasteiger charge is -2.15. The van der Waals surface area contributed by atoms with Crippen LogP contribution >= 0.6 is 22.9 Å². The van der Waals surface area contributed by atoms with Gasteiger partial charge in [0.25, 0.3) is 0 Å². The number of rotatable bonds is 7. The molecule has 3 nitrogen and oxygen atoms in total. The van der Waals surface area contributed by atoms with Gasteiger partial charge in [0.1, 0.15) is 6.61 Å². The first-order chi connectivity index (χ1) is 9.74. The summed E-state index contributed by atoms with van der Waals surface area (Å²) in [5.41, 5.74) is 6.72. The van der Waals surface area contributed by atoms with Crippen LogP contribution in [0.25, 0.3) is 0 Å². The van der Waals surface area contributed by atoms with Crippen LogP contribution < -0.4 is 15.2 Å². The average molecular weight is 312 g/mol. The molecule has 0 aliphatic carbocycles. The van der Waals surface area contributed by atoms with Crippen molar-refractivity contribution in [2.24, 2.45) is 5.73 Å². The van der Waals surface area contributed by atoms with Crippen molar-refractivity contribution in [3.63, 3.8) is 0 Å². The van der Waals surface area contributed by atoms with E-state index in [0.717, 1.165) is 32.7 Å². The summed E-state index contributed by atoms with van der Waals surface area (Å²) < 4.78 is 12.3. The van der Waals surface area contributed by atoms with Crippen molar-refractivity contribution in [1.82, 2.24) is 0 Å². The van der Waals surface area contributed by atoms with Gasteiger partial charge in [0.15, 0.2) is 11.5 Å². The highest BCUT2D eigenvalue weighted by Gasteiger charge is 2.11. The van der Waals surface area contributed by atoms with E-state index in [2.05, 4.69) is 0 Å². The maximum atomic E-state index is 5.94. The fraction of sp³-hybridized carbons (Fsp3) is 0.333. The normalized spacial score (nSPS) is 10.6. The topological polar surface area (TPSA) is 44.5 Å². The van der Waals surface area contributed by atoms with Crippen LogP contribution in [-0.2, 0) is 13.0 Å². The van der Waals surface area contributed by atoms with Gasteiger partial charge in [-0.3, -0.25) is 0 Å². The SMILES string of the molecule is CCOc1cccc(CCN)c1OCc1ccc(Cl)s1. The van der Waals surface area contributed by atoms with Gasteiger partial charge in [-0.15, -0.1) is 11.3 Å². The zero-order valence-corrected chi connectivity index (χ0v) is 13.0. The highest BCUT2D eigenvalue weighted by atomic mass is 35.5. The van der Waals surface area contributed by atoms with Gasteiger partial charge in [0.05, 0.1) is 10.9 Å². The minimum atomic E-state index is 0.485. The third-order valence-corrected chi connectivity index (χ3v) is 3.97. The molecule has 0 saturated heterocycles. The van der Waals surface area contributed by atoms with Crippen LogP contribution in [0.3, 0.4) is 0 Å². The molecule has 0 spiro atoms. The van der Waals surface area contributed by atoms with Crippen LogP contribution in [0.1, 0.15) is 17.4 Å². The molecule has 0 unspecified atom stereocenters. The van der Waals surface area contributed by atoms with E-state index in [-0.39, 0.29) is 0 Å². The van der Waals surface area contributed by atoms with E-state index < -0.39 is 0 Å². The van der Waals surface area contributed by atoms with Crippen molar-refractivity contribution in [3.05, 3.63) is 45.1 Å². The average Bonchev–Trinajstić information content (AvgIpc) is 2.84. The smallest absolute Gasteiger partial charge is 0.164 e. The number of hydrogen-bond acceptors (Lipinski definition) is 4. The zero-order valence-electron chi connectivity index (χ0n) is 11.4. The second-order valence-corrected chi connectivity index (χ2v) is 6.01. The first kappa shape index (κ1) is 15.2. The Morgan fingerprint density at radius 1 is 1.20 bits per heavy atom. The van der Waals surface area contributed by atoms with Gasteiger partial charge in [-0.1, -0.05) is 23.7 Å². The number of nitrogens with two attached hydrogens (primary N) is 1. The van der Waals surface area contributed by atoms with Gasteiger partial charge in [0.2, 0.25) is 0 Å². The maximum absolute atomic E-state index is 5.94. The van der Waals surface area contributed by atoms with Crippen molar-refractivity contribution in [2.75, 3.05) is 13.2 Å². The van der Waals surface area contributed by atoms with E-state index in [1.54, 1.807) is 0 Å². The van der Waals surface area contributed by atoms with Gasteiger partial charge in [-0.2, -0.15) is 0 Å². The third-order valence-electron chi connectivity index (χ3n) is 2.76. The van der Waals surface area contributed by atoms with Crippen molar-refractivity contribution < 1.29 is 9.47 Å². The minimum Gasteiger partial charge on any atom is -0.490 e. The molecule has 0 amide bonds. The quantitative estimate of drug-likeness (QED) is 0.844. The summed E-state index contributed by atoms with van der Waals surface area (Å²) in [5.74, 6) is 1.55. The molecule has 108 valence electrons. The number of para-hydroxylation sites is 1. The fourth-order valence-electron chi connectivity index (χ4n) is 1.92. The van der Waals surface area contributed by atoms with E-state index in [9.17, 15) is 0 Å². The van der Waals surface area contributed by atoms with Crippen LogP contribution in [0.15, 0.2) is 30.3 Å². The number of thiophene rings is 1. The molecule has 0 atom stereocenters. The van der Waals surface area contributed by atoms with Gasteiger partial charge in [-0.25, -0.2) is 0 Å². The Hall–Kier alpha value is -1.23. The van der Waals surface area contributed by atoms with E-state index in [0.29, 0.717) is 19.8 Å².